The van der Waals surface area contributed by atoms with Crippen LogP contribution < -0.4 is 5.73 Å². The van der Waals surface area contributed by atoms with Crippen LogP contribution in [0, 0.1) is 5.92 Å². The maximum atomic E-state index is 9.31. The Labute approximate surface area is 106 Å². The van der Waals surface area contributed by atoms with E-state index in [0.29, 0.717) is 17.1 Å². The zero-order valence-corrected chi connectivity index (χ0v) is 10.9. The van der Waals surface area contributed by atoms with E-state index in [1.807, 2.05) is 6.20 Å². The van der Waals surface area contributed by atoms with E-state index in [-0.39, 0.29) is 19.0 Å². The van der Waals surface area contributed by atoms with Crippen LogP contribution in [0.15, 0.2) is 6.20 Å². The zero-order valence-electron chi connectivity index (χ0n) is 9.30. The highest BCUT2D eigenvalue weighted by molar-refractivity contribution is 7.15. The van der Waals surface area contributed by atoms with Gasteiger partial charge in [-0.15, -0.1) is 23.7 Å². The molecule has 1 aliphatic heterocycles. The van der Waals surface area contributed by atoms with Crippen molar-refractivity contribution < 1.29 is 5.11 Å². The van der Waals surface area contributed by atoms with E-state index in [0.717, 1.165) is 13.1 Å². The van der Waals surface area contributed by atoms with Crippen molar-refractivity contribution in [1.29, 1.82) is 0 Å². The molecule has 1 aliphatic rings. The number of anilines is 1. The summed E-state index contributed by atoms with van der Waals surface area (Å²) in [6.07, 6.45) is 3.00. The molecule has 4 nitrogen and oxygen atoms in total. The highest BCUT2D eigenvalue weighted by Crippen LogP contribution is 2.27. The van der Waals surface area contributed by atoms with Gasteiger partial charge in [-0.05, 0) is 18.9 Å². The van der Waals surface area contributed by atoms with Crippen molar-refractivity contribution in [3.8, 4) is 0 Å². The van der Waals surface area contributed by atoms with Crippen LogP contribution in [-0.2, 0) is 6.54 Å². The summed E-state index contributed by atoms with van der Waals surface area (Å²) in [6, 6.07) is 0.299. The molecule has 1 aromatic heterocycles. The lowest BCUT2D eigenvalue weighted by molar-refractivity contribution is 0.135. The Balaban J connectivity index is 0.00000128. The van der Waals surface area contributed by atoms with Gasteiger partial charge in [0.05, 0.1) is 6.61 Å². The number of aliphatic hydroxyl groups excluding tert-OH is 1. The minimum Gasteiger partial charge on any atom is -0.395 e. The molecule has 6 heteroatoms. The molecule has 0 aromatic carbocycles. The van der Waals surface area contributed by atoms with E-state index in [9.17, 15) is 5.11 Å². The Morgan fingerprint density at radius 1 is 1.69 bits per heavy atom. The Kier molecular flexibility index (Phi) is 4.98. The van der Waals surface area contributed by atoms with Crippen LogP contribution in [0.2, 0.25) is 0 Å². The molecule has 0 bridgehead atoms. The minimum atomic E-state index is 0. The van der Waals surface area contributed by atoms with Gasteiger partial charge in [0, 0.05) is 23.7 Å². The number of thiazole rings is 1. The number of nitrogens with two attached hydrogens (primary N) is 1. The van der Waals surface area contributed by atoms with Gasteiger partial charge in [0.15, 0.2) is 5.13 Å². The van der Waals surface area contributed by atoms with Gasteiger partial charge >= 0.3 is 0 Å². The predicted molar refractivity (Wildman–Crippen MR) is 68.8 cm³/mol. The van der Waals surface area contributed by atoms with Gasteiger partial charge < -0.3 is 10.8 Å². The fraction of sp³-hybridized carbons (Fsp3) is 0.700. The van der Waals surface area contributed by atoms with Crippen molar-refractivity contribution in [3.63, 3.8) is 0 Å². The fourth-order valence-electron chi connectivity index (χ4n) is 2.18. The van der Waals surface area contributed by atoms with Gasteiger partial charge in [-0.1, -0.05) is 6.92 Å². The molecule has 1 saturated heterocycles. The standard InChI is InChI=1S/C10H17N3OS.ClH/c1-7-2-3-13(9(7)6-14)5-8-4-12-10(11)15-8;/h4,7,9,14H,2-3,5-6H2,1H3,(H2,11,12);1H. The third-order valence-electron chi connectivity index (χ3n) is 3.11. The van der Waals surface area contributed by atoms with Crippen molar-refractivity contribution in [3.05, 3.63) is 11.1 Å². The van der Waals surface area contributed by atoms with Gasteiger partial charge in [0.2, 0.25) is 0 Å². The number of rotatable bonds is 3. The monoisotopic (exact) mass is 263 g/mol. The third-order valence-corrected chi connectivity index (χ3v) is 3.93. The number of nitrogen functional groups attached to an aromatic ring is 1. The maximum absolute atomic E-state index is 9.31. The highest BCUT2D eigenvalue weighted by Gasteiger charge is 2.30. The van der Waals surface area contributed by atoms with E-state index in [1.165, 1.54) is 22.6 Å². The molecular weight excluding hydrogens is 246 g/mol. The predicted octanol–water partition coefficient (Wildman–Crippen LogP) is 1.35. The van der Waals surface area contributed by atoms with Crippen molar-refractivity contribution >= 4 is 28.9 Å². The number of likely N-dealkylation sites (tertiary alicyclic amines) is 1. The topological polar surface area (TPSA) is 62.4 Å². The van der Waals surface area contributed by atoms with Gasteiger partial charge in [-0.2, -0.15) is 0 Å². The van der Waals surface area contributed by atoms with Crippen molar-refractivity contribution in [2.24, 2.45) is 5.92 Å². The molecule has 0 amide bonds. The molecule has 0 aliphatic carbocycles. The molecule has 3 N–H and O–H groups in total. The van der Waals surface area contributed by atoms with Crippen LogP contribution in [0.25, 0.3) is 0 Å². The molecule has 2 heterocycles. The summed E-state index contributed by atoms with van der Waals surface area (Å²) in [5, 5.41) is 9.93. The quantitative estimate of drug-likeness (QED) is 0.864. The van der Waals surface area contributed by atoms with Crippen LogP contribution in [-0.4, -0.2) is 34.2 Å². The Hall–Kier alpha value is -0.360. The molecular formula is C10H18ClN3OS. The SMILES string of the molecule is CC1CCN(Cc2cnc(N)s2)C1CO.Cl. The largest absolute Gasteiger partial charge is 0.395 e. The Bertz CT molecular complexity index is 334. The van der Waals surface area contributed by atoms with E-state index >= 15 is 0 Å². The average Bonchev–Trinajstić information content (AvgIpc) is 2.75. The van der Waals surface area contributed by atoms with E-state index in [1.54, 1.807) is 0 Å². The molecule has 1 fully saturated rings. The molecule has 2 unspecified atom stereocenters. The van der Waals surface area contributed by atoms with Crippen LogP contribution in [0.1, 0.15) is 18.2 Å². The van der Waals surface area contributed by atoms with Crippen LogP contribution >= 0.6 is 23.7 Å². The van der Waals surface area contributed by atoms with Gasteiger partial charge in [0.1, 0.15) is 0 Å². The summed E-state index contributed by atoms with van der Waals surface area (Å²) in [7, 11) is 0. The van der Waals surface area contributed by atoms with Gasteiger partial charge in [-0.25, -0.2) is 4.98 Å². The minimum absolute atomic E-state index is 0. The second-order valence-electron chi connectivity index (χ2n) is 4.15. The smallest absolute Gasteiger partial charge is 0.180 e. The first-order valence-corrected chi connectivity index (χ1v) is 6.07. The normalized spacial score (nSPS) is 25.6. The molecule has 0 radical (unpaired) electrons. The second kappa shape index (κ2) is 5.82. The summed E-state index contributed by atoms with van der Waals surface area (Å²) in [4.78, 5) is 7.53. The summed E-state index contributed by atoms with van der Waals surface area (Å²) in [5.41, 5.74) is 5.59. The van der Waals surface area contributed by atoms with E-state index in [2.05, 4.69) is 16.8 Å². The van der Waals surface area contributed by atoms with Crippen molar-refractivity contribution in [2.45, 2.75) is 25.9 Å². The molecule has 1 aromatic rings. The van der Waals surface area contributed by atoms with E-state index in [4.69, 9.17) is 5.73 Å². The molecule has 0 spiro atoms. The summed E-state index contributed by atoms with van der Waals surface area (Å²) in [6.45, 7) is 4.37. The maximum Gasteiger partial charge on any atom is 0.180 e. The second-order valence-corrected chi connectivity index (χ2v) is 5.30. The van der Waals surface area contributed by atoms with Crippen LogP contribution in [0.3, 0.4) is 0 Å². The van der Waals surface area contributed by atoms with Crippen LogP contribution in [0.5, 0.6) is 0 Å². The van der Waals surface area contributed by atoms with E-state index < -0.39 is 0 Å². The summed E-state index contributed by atoms with van der Waals surface area (Å²) >= 11 is 1.53. The number of hydrogen-bond acceptors (Lipinski definition) is 5. The summed E-state index contributed by atoms with van der Waals surface area (Å²) in [5.74, 6) is 0.584. The van der Waals surface area contributed by atoms with Crippen molar-refractivity contribution in [2.75, 3.05) is 18.9 Å². The van der Waals surface area contributed by atoms with Crippen molar-refractivity contribution in [1.82, 2.24) is 9.88 Å². The van der Waals surface area contributed by atoms with Gasteiger partial charge in [-0.3, -0.25) is 4.90 Å². The summed E-state index contributed by atoms with van der Waals surface area (Å²) < 4.78 is 0. The Morgan fingerprint density at radius 3 is 3.00 bits per heavy atom. The lowest BCUT2D eigenvalue weighted by atomic mass is 10.0. The first-order chi connectivity index (χ1) is 7.20. The zero-order chi connectivity index (χ0) is 10.8. The number of hydrogen-bond donors (Lipinski definition) is 2. The molecule has 2 rings (SSSR count). The number of halogens is 1. The average molecular weight is 264 g/mol. The Morgan fingerprint density at radius 2 is 2.44 bits per heavy atom. The number of aliphatic hydroxyl groups is 1. The number of aromatic nitrogens is 1. The molecule has 0 saturated carbocycles. The number of nitrogens with zero attached hydrogens (tertiary/aromatic N) is 2. The molecule has 92 valence electrons. The third kappa shape index (κ3) is 2.85. The fourth-order valence-corrected chi connectivity index (χ4v) is 2.89. The first-order valence-electron chi connectivity index (χ1n) is 5.26. The molecule has 16 heavy (non-hydrogen) atoms. The highest BCUT2D eigenvalue weighted by atomic mass is 35.5. The lowest BCUT2D eigenvalue weighted by Gasteiger charge is -2.24. The van der Waals surface area contributed by atoms with Gasteiger partial charge in [0.25, 0.3) is 0 Å². The lowest BCUT2D eigenvalue weighted by Crippen LogP contribution is -2.34. The first kappa shape index (κ1) is 13.7. The van der Waals surface area contributed by atoms with Crippen LogP contribution in [0.4, 0.5) is 5.13 Å². The molecule has 2 atom stereocenters.